The Kier molecular flexibility index (Phi) is 5.90. The van der Waals surface area contributed by atoms with Crippen molar-refractivity contribution in [3.05, 3.63) is 29.8 Å². The maximum Gasteiger partial charge on any atom is 0.119 e. The molecule has 0 saturated carbocycles. The van der Waals surface area contributed by atoms with Crippen LogP contribution in [0.3, 0.4) is 0 Å². The zero-order valence-corrected chi connectivity index (χ0v) is 9.98. The summed E-state index contributed by atoms with van der Waals surface area (Å²) in [5, 5.41) is 8.77. The molecule has 0 spiro atoms. The highest BCUT2D eigenvalue weighted by Gasteiger charge is 1.96. The highest BCUT2D eigenvalue weighted by molar-refractivity contribution is 5.27. The molecule has 0 amide bonds. The molecule has 0 aliphatic carbocycles. The van der Waals surface area contributed by atoms with E-state index in [1.807, 2.05) is 38.1 Å². The summed E-state index contributed by atoms with van der Waals surface area (Å²) in [5.74, 6) is 0.842. The number of benzene rings is 1. The van der Waals surface area contributed by atoms with Crippen molar-refractivity contribution in [1.82, 2.24) is 0 Å². The summed E-state index contributed by atoms with van der Waals surface area (Å²) < 4.78 is 10.9. The third kappa shape index (κ3) is 5.14. The van der Waals surface area contributed by atoms with E-state index < -0.39 is 0 Å². The van der Waals surface area contributed by atoms with Crippen LogP contribution in [0.25, 0.3) is 0 Å². The van der Waals surface area contributed by atoms with Gasteiger partial charge < -0.3 is 14.6 Å². The Morgan fingerprint density at radius 3 is 2.38 bits per heavy atom. The summed E-state index contributed by atoms with van der Waals surface area (Å²) in [4.78, 5) is 0. The van der Waals surface area contributed by atoms with Crippen molar-refractivity contribution in [2.24, 2.45) is 0 Å². The molecule has 0 radical (unpaired) electrons. The van der Waals surface area contributed by atoms with Gasteiger partial charge in [-0.3, -0.25) is 0 Å². The number of rotatable bonds is 7. The minimum absolute atomic E-state index is 0.183. The second kappa shape index (κ2) is 7.25. The molecule has 0 aliphatic heterocycles. The quantitative estimate of drug-likeness (QED) is 0.720. The first-order chi connectivity index (χ1) is 7.72. The molecule has 0 bridgehead atoms. The molecule has 0 heterocycles. The Morgan fingerprint density at radius 2 is 1.81 bits per heavy atom. The maximum atomic E-state index is 8.77. The lowest BCUT2D eigenvalue weighted by Gasteiger charge is -2.09. The van der Waals surface area contributed by atoms with Crippen molar-refractivity contribution in [3.8, 4) is 5.75 Å². The average molecular weight is 224 g/mol. The second-order valence-electron chi connectivity index (χ2n) is 3.89. The van der Waals surface area contributed by atoms with Crippen molar-refractivity contribution in [2.45, 2.75) is 26.4 Å². The summed E-state index contributed by atoms with van der Waals surface area (Å²) in [5.41, 5.74) is 1.12. The Hall–Kier alpha value is -1.06. The van der Waals surface area contributed by atoms with E-state index in [0.717, 1.165) is 11.3 Å². The highest BCUT2D eigenvalue weighted by atomic mass is 16.5. The summed E-state index contributed by atoms with van der Waals surface area (Å²) >= 11 is 0. The molecule has 1 aromatic carbocycles. The van der Waals surface area contributed by atoms with E-state index in [1.165, 1.54) is 0 Å². The van der Waals surface area contributed by atoms with Crippen LogP contribution in [0.1, 0.15) is 19.4 Å². The summed E-state index contributed by atoms with van der Waals surface area (Å²) in [6, 6.07) is 7.77. The fraction of sp³-hybridized carbons (Fsp3) is 0.538. The lowest BCUT2D eigenvalue weighted by molar-refractivity contribution is 0.0552. The van der Waals surface area contributed by atoms with E-state index in [1.54, 1.807) is 0 Å². The van der Waals surface area contributed by atoms with Crippen molar-refractivity contribution in [3.63, 3.8) is 0 Å². The lowest BCUT2D eigenvalue weighted by Crippen LogP contribution is -2.11. The number of aliphatic hydroxyl groups excluding tert-OH is 1. The fourth-order valence-electron chi connectivity index (χ4n) is 1.32. The molecule has 0 atom stereocenters. The SMILES string of the molecule is CC(C)OCCOc1ccc(CCO)cc1. The molecule has 0 unspecified atom stereocenters. The van der Waals surface area contributed by atoms with Gasteiger partial charge in [0.1, 0.15) is 12.4 Å². The zero-order valence-electron chi connectivity index (χ0n) is 9.98. The number of ether oxygens (including phenoxy) is 2. The third-order valence-corrected chi connectivity index (χ3v) is 2.13. The molecule has 1 N–H and O–H groups in total. The average Bonchev–Trinajstić information content (AvgIpc) is 2.27. The van der Waals surface area contributed by atoms with Gasteiger partial charge in [-0.1, -0.05) is 12.1 Å². The molecule has 1 aromatic rings. The normalized spacial score (nSPS) is 10.8. The monoisotopic (exact) mass is 224 g/mol. The van der Waals surface area contributed by atoms with Crippen LogP contribution in [0.15, 0.2) is 24.3 Å². The largest absolute Gasteiger partial charge is 0.491 e. The predicted octanol–water partition coefficient (Wildman–Crippen LogP) is 2.03. The van der Waals surface area contributed by atoms with Gasteiger partial charge in [0.15, 0.2) is 0 Å². The lowest BCUT2D eigenvalue weighted by atomic mass is 10.1. The molecular formula is C13H20O3. The maximum absolute atomic E-state index is 8.77. The Morgan fingerprint density at radius 1 is 1.12 bits per heavy atom. The van der Waals surface area contributed by atoms with Crippen LogP contribution < -0.4 is 4.74 Å². The predicted molar refractivity (Wildman–Crippen MR) is 63.8 cm³/mol. The van der Waals surface area contributed by atoms with Crippen LogP contribution in [0, 0.1) is 0 Å². The number of aliphatic hydroxyl groups is 1. The minimum Gasteiger partial charge on any atom is -0.491 e. The minimum atomic E-state index is 0.183. The van der Waals surface area contributed by atoms with Gasteiger partial charge >= 0.3 is 0 Å². The molecule has 3 heteroatoms. The first-order valence-corrected chi connectivity index (χ1v) is 5.66. The van der Waals surface area contributed by atoms with Gasteiger partial charge in [0, 0.05) is 6.61 Å². The third-order valence-electron chi connectivity index (χ3n) is 2.13. The van der Waals surface area contributed by atoms with Crippen LogP contribution in [0.4, 0.5) is 0 Å². The molecule has 90 valence electrons. The van der Waals surface area contributed by atoms with Crippen molar-refractivity contribution in [1.29, 1.82) is 0 Å². The summed E-state index contributed by atoms with van der Waals surface area (Å²) in [7, 11) is 0. The Labute approximate surface area is 97.0 Å². The van der Waals surface area contributed by atoms with Gasteiger partial charge in [-0.2, -0.15) is 0 Å². The van der Waals surface area contributed by atoms with Gasteiger partial charge in [0.2, 0.25) is 0 Å². The van der Waals surface area contributed by atoms with E-state index in [-0.39, 0.29) is 12.7 Å². The summed E-state index contributed by atoms with van der Waals surface area (Å²) in [6.07, 6.45) is 0.937. The first kappa shape index (κ1) is 13.0. The molecule has 16 heavy (non-hydrogen) atoms. The van der Waals surface area contributed by atoms with Gasteiger partial charge in [-0.15, -0.1) is 0 Å². The van der Waals surface area contributed by atoms with Crippen molar-refractivity contribution in [2.75, 3.05) is 19.8 Å². The van der Waals surface area contributed by atoms with Crippen molar-refractivity contribution < 1.29 is 14.6 Å². The van der Waals surface area contributed by atoms with Gasteiger partial charge in [-0.25, -0.2) is 0 Å². The van der Waals surface area contributed by atoms with Crippen molar-refractivity contribution >= 4 is 0 Å². The molecule has 3 nitrogen and oxygen atoms in total. The molecule has 1 rings (SSSR count). The Balaban J connectivity index is 2.26. The van der Waals surface area contributed by atoms with Crippen LogP contribution in [-0.2, 0) is 11.2 Å². The smallest absolute Gasteiger partial charge is 0.119 e. The molecular weight excluding hydrogens is 204 g/mol. The van der Waals surface area contributed by atoms with Crippen LogP contribution in [-0.4, -0.2) is 31.0 Å². The fourth-order valence-corrected chi connectivity index (χ4v) is 1.32. The van der Waals surface area contributed by atoms with E-state index in [9.17, 15) is 0 Å². The van der Waals surface area contributed by atoms with E-state index in [0.29, 0.717) is 19.6 Å². The summed E-state index contributed by atoms with van der Waals surface area (Å²) in [6.45, 7) is 5.36. The molecule has 0 aliphatic rings. The molecule has 0 aromatic heterocycles. The van der Waals surface area contributed by atoms with E-state index in [4.69, 9.17) is 14.6 Å². The van der Waals surface area contributed by atoms with Gasteiger partial charge in [-0.05, 0) is 38.0 Å². The number of hydrogen-bond acceptors (Lipinski definition) is 3. The molecule has 0 saturated heterocycles. The topological polar surface area (TPSA) is 38.7 Å². The highest BCUT2D eigenvalue weighted by Crippen LogP contribution is 2.12. The van der Waals surface area contributed by atoms with Crippen LogP contribution in [0.5, 0.6) is 5.75 Å². The number of hydrogen-bond donors (Lipinski definition) is 1. The van der Waals surface area contributed by atoms with E-state index in [2.05, 4.69) is 0 Å². The zero-order chi connectivity index (χ0) is 11.8. The van der Waals surface area contributed by atoms with Crippen LogP contribution >= 0.6 is 0 Å². The van der Waals surface area contributed by atoms with E-state index >= 15 is 0 Å². The first-order valence-electron chi connectivity index (χ1n) is 5.66. The van der Waals surface area contributed by atoms with Gasteiger partial charge in [0.05, 0.1) is 12.7 Å². The second-order valence-corrected chi connectivity index (χ2v) is 3.89. The standard InChI is InChI=1S/C13H20O3/c1-11(2)15-9-10-16-13-5-3-12(4-6-13)7-8-14/h3-6,11,14H,7-10H2,1-2H3. The van der Waals surface area contributed by atoms with Crippen LogP contribution in [0.2, 0.25) is 0 Å². The molecule has 0 fully saturated rings. The van der Waals surface area contributed by atoms with Gasteiger partial charge in [0.25, 0.3) is 0 Å². The Bertz CT molecular complexity index is 280.